The Kier molecular flexibility index (Phi) is 5.49. The van der Waals surface area contributed by atoms with Gasteiger partial charge in [0.05, 0.1) is 18.1 Å². The van der Waals surface area contributed by atoms with Gasteiger partial charge in [-0.1, -0.05) is 19.6 Å². The Balaban J connectivity index is 0.00000243. The third kappa shape index (κ3) is 4.28. The van der Waals surface area contributed by atoms with E-state index in [0.29, 0.717) is 11.3 Å². The highest BCUT2D eigenvalue weighted by Crippen LogP contribution is 2.42. The lowest BCUT2D eigenvalue weighted by Gasteiger charge is -2.19. The van der Waals surface area contributed by atoms with Gasteiger partial charge in [0.2, 0.25) is 5.91 Å². The molecule has 3 rings (SSSR count). The zero-order valence-corrected chi connectivity index (χ0v) is 13.6. The highest BCUT2D eigenvalue weighted by atomic mass is 19.4. The fraction of sp³-hybridized carbons (Fsp3) is 0.316. The molecule has 1 aliphatic rings. The number of carbonyl (C=O) groups is 1. The lowest BCUT2D eigenvalue weighted by molar-refractivity contribution is -0.274. The van der Waals surface area contributed by atoms with Crippen molar-refractivity contribution in [3.63, 3.8) is 0 Å². The van der Waals surface area contributed by atoms with Crippen LogP contribution in [0.2, 0.25) is 0 Å². The minimum atomic E-state index is -4.82. The summed E-state index contributed by atoms with van der Waals surface area (Å²) in [5, 5.41) is 2.69. The third-order valence-electron chi connectivity index (χ3n) is 3.60. The maximum atomic E-state index is 12.8. The Morgan fingerprint density at radius 2 is 1.81 bits per heavy atom. The summed E-state index contributed by atoms with van der Waals surface area (Å²) in [4.78, 5) is 11.5. The molecule has 1 amide bonds. The number of amides is 1. The topological polar surface area (TPSA) is 47.6 Å². The van der Waals surface area contributed by atoms with Crippen LogP contribution in [-0.4, -0.2) is 18.4 Å². The zero-order chi connectivity index (χ0) is 18.2. The second-order valence-electron chi connectivity index (χ2n) is 5.94. The van der Waals surface area contributed by atoms with Gasteiger partial charge >= 0.3 is 6.36 Å². The van der Waals surface area contributed by atoms with Crippen molar-refractivity contribution in [1.29, 1.82) is 0 Å². The normalized spacial score (nSPS) is 13.1. The molecule has 2 aromatic rings. The predicted octanol–water partition coefficient (Wildman–Crippen LogP) is 5.17. The van der Waals surface area contributed by atoms with Crippen molar-refractivity contribution in [3.05, 3.63) is 42.0 Å². The molecule has 4 nitrogen and oxygen atoms in total. The number of carbonyl (C=O) groups excluding carboxylic acids is 1. The zero-order valence-electron chi connectivity index (χ0n) is 13.6. The van der Waals surface area contributed by atoms with Crippen LogP contribution in [0, 0.1) is 0 Å². The van der Waals surface area contributed by atoms with Gasteiger partial charge in [0.15, 0.2) is 0 Å². The van der Waals surface area contributed by atoms with Crippen molar-refractivity contribution in [1.82, 2.24) is 0 Å². The van der Waals surface area contributed by atoms with Crippen LogP contribution in [0.25, 0.3) is 11.1 Å². The number of alkyl halides is 3. The van der Waals surface area contributed by atoms with Gasteiger partial charge in [-0.15, -0.1) is 13.2 Å². The molecular weight excluding hydrogens is 347 g/mol. The lowest BCUT2D eigenvalue weighted by Crippen LogP contribution is -2.18. The number of nitrogens with one attached hydrogen (secondary N) is 1. The summed E-state index contributed by atoms with van der Waals surface area (Å²) in [5.41, 5.74) is 2.08. The van der Waals surface area contributed by atoms with Gasteiger partial charge in [0.1, 0.15) is 11.5 Å². The molecule has 1 N–H and O–H groups in total. The molecule has 0 fully saturated rings. The van der Waals surface area contributed by atoms with E-state index in [1.165, 1.54) is 12.1 Å². The van der Waals surface area contributed by atoms with Crippen LogP contribution in [0.3, 0.4) is 0 Å². The molecule has 0 atom stereocenters. The first-order valence-corrected chi connectivity index (χ1v) is 7.71. The van der Waals surface area contributed by atoms with Gasteiger partial charge in [-0.3, -0.25) is 4.79 Å². The summed E-state index contributed by atoms with van der Waals surface area (Å²) in [6.07, 6.45) is -4.86. The molecule has 7 heteroatoms. The molecule has 2 aromatic carbocycles. The summed E-state index contributed by atoms with van der Waals surface area (Å²) in [7, 11) is 0. The molecular formula is C19H20F3NO3. The molecule has 0 aliphatic carbocycles. The van der Waals surface area contributed by atoms with Crippen molar-refractivity contribution in [2.45, 2.75) is 40.2 Å². The fourth-order valence-electron chi connectivity index (χ4n) is 2.74. The standard InChI is InChI=1S/C18H16F3NO3.CH4/c1-10(2)24-14-4-3-5-15(25-18(19,20)21)17(14)11-6-7-13-12(8-11)9-16(23)22-13;/h3-8,10H,9H2,1-2H3,(H,22,23);1H4. The highest BCUT2D eigenvalue weighted by Gasteiger charge is 2.33. The smallest absolute Gasteiger partial charge is 0.490 e. The maximum Gasteiger partial charge on any atom is 0.573 e. The van der Waals surface area contributed by atoms with Gasteiger partial charge in [-0.25, -0.2) is 0 Å². The number of fused-ring (bicyclic) bond motifs is 1. The summed E-state index contributed by atoms with van der Waals surface area (Å²) < 4.78 is 48.2. The first-order chi connectivity index (χ1) is 11.7. The largest absolute Gasteiger partial charge is 0.573 e. The number of rotatable bonds is 4. The van der Waals surface area contributed by atoms with E-state index in [-0.39, 0.29) is 42.9 Å². The van der Waals surface area contributed by atoms with Gasteiger partial charge in [0, 0.05) is 5.69 Å². The van der Waals surface area contributed by atoms with Gasteiger partial charge in [-0.2, -0.15) is 0 Å². The van der Waals surface area contributed by atoms with Crippen LogP contribution in [0.5, 0.6) is 11.5 Å². The molecule has 0 saturated heterocycles. The number of hydrogen-bond donors (Lipinski definition) is 1. The van der Waals surface area contributed by atoms with Crippen molar-refractivity contribution >= 4 is 11.6 Å². The number of hydrogen-bond acceptors (Lipinski definition) is 3. The molecule has 0 aromatic heterocycles. The average molecular weight is 367 g/mol. The van der Waals surface area contributed by atoms with E-state index in [2.05, 4.69) is 10.1 Å². The molecule has 0 spiro atoms. The molecule has 0 unspecified atom stereocenters. The van der Waals surface area contributed by atoms with E-state index in [4.69, 9.17) is 4.74 Å². The first kappa shape index (κ1) is 19.6. The van der Waals surface area contributed by atoms with Crippen LogP contribution in [0.1, 0.15) is 26.8 Å². The van der Waals surface area contributed by atoms with Gasteiger partial charge in [-0.05, 0) is 49.2 Å². The van der Waals surface area contributed by atoms with Crippen LogP contribution < -0.4 is 14.8 Å². The third-order valence-corrected chi connectivity index (χ3v) is 3.60. The first-order valence-electron chi connectivity index (χ1n) is 7.71. The summed E-state index contributed by atoms with van der Waals surface area (Å²) >= 11 is 0. The molecule has 140 valence electrons. The van der Waals surface area contributed by atoms with Crippen molar-refractivity contribution in [2.24, 2.45) is 0 Å². The van der Waals surface area contributed by atoms with Crippen molar-refractivity contribution in [3.8, 4) is 22.6 Å². The Hall–Kier alpha value is -2.70. The Morgan fingerprint density at radius 1 is 1.12 bits per heavy atom. The number of anilines is 1. The Morgan fingerprint density at radius 3 is 2.46 bits per heavy atom. The Labute approximate surface area is 149 Å². The van der Waals surface area contributed by atoms with Crippen LogP contribution in [0.15, 0.2) is 36.4 Å². The van der Waals surface area contributed by atoms with E-state index in [9.17, 15) is 18.0 Å². The van der Waals surface area contributed by atoms with Crippen molar-refractivity contribution < 1.29 is 27.4 Å². The van der Waals surface area contributed by atoms with E-state index >= 15 is 0 Å². The molecule has 26 heavy (non-hydrogen) atoms. The number of halogens is 3. The highest BCUT2D eigenvalue weighted by molar-refractivity contribution is 6.00. The van der Waals surface area contributed by atoms with E-state index < -0.39 is 6.36 Å². The number of ether oxygens (including phenoxy) is 2. The summed E-state index contributed by atoms with van der Waals surface area (Å²) in [6.45, 7) is 3.57. The lowest BCUT2D eigenvalue weighted by atomic mass is 10.00. The second kappa shape index (κ2) is 7.27. The van der Waals surface area contributed by atoms with Crippen LogP contribution >= 0.6 is 0 Å². The van der Waals surface area contributed by atoms with Gasteiger partial charge < -0.3 is 14.8 Å². The minimum absolute atomic E-state index is 0. The molecule has 1 heterocycles. The molecule has 1 aliphatic heterocycles. The predicted molar refractivity (Wildman–Crippen MR) is 93.4 cm³/mol. The van der Waals surface area contributed by atoms with Crippen LogP contribution in [-0.2, 0) is 11.2 Å². The SMILES string of the molecule is C.CC(C)Oc1cccc(OC(F)(F)F)c1-c1ccc2c(c1)CC(=O)N2. The quantitative estimate of drug-likeness (QED) is 0.811. The number of benzene rings is 2. The van der Waals surface area contributed by atoms with Crippen molar-refractivity contribution in [2.75, 3.05) is 5.32 Å². The average Bonchev–Trinajstić information content (AvgIpc) is 2.84. The molecule has 0 bridgehead atoms. The van der Waals surface area contributed by atoms with E-state index in [0.717, 1.165) is 5.56 Å². The fourth-order valence-corrected chi connectivity index (χ4v) is 2.74. The van der Waals surface area contributed by atoms with Gasteiger partial charge in [0.25, 0.3) is 0 Å². The summed E-state index contributed by atoms with van der Waals surface area (Å²) in [6, 6.07) is 9.26. The van der Waals surface area contributed by atoms with E-state index in [1.807, 2.05) is 0 Å². The second-order valence-corrected chi connectivity index (χ2v) is 5.94. The Bertz CT molecular complexity index is 816. The molecule has 0 saturated carbocycles. The minimum Gasteiger partial charge on any atom is -0.490 e. The van der Waals surface area contributed by atoms with E-state index in [1.54, 1.807) is 38.1 Å². The summed E-state index contributed by atoms with van der Waals surface area (Å²) in [5.74, 6) is -0.206. The molecule has 0 radical (unpaired) electrons. The maximum absolute atomic E-state index is 12.8. The van der Waals surface area contributed by atoms with Crippen LogP contribution in [0.4, 0.5) is 18.9 Å². The monoisotopic (exact) mass is 367 g/mol.